The molecule has 5 heteroatoms. The molecule has 1 aromatic carbocycles. The molecule has 0 bridgehead atoms. The van der Waals surface area contributed by atoms with Crippen molar-refractivity contribution in [2.45, 2.75) is 39.4 Å². The van der Waals surface area contributed by atoms with Crippen molar-refractivity contribution in [1.29, 1.82) is 0 Å². The van der Waals surface area contributed by atoms with E-state index in [0.29, 0.717) is 29.0 Å². The highest BCUT2D eigenvalue weighted by Crippen LogP contribution is 2.15. The maximum absolute atomic E-state index is 12.5. The van der Waals surface area contributed by atoms with Gasteiger partial charge in [-0.05, 0) is 25.5 Å². The minimum atomic E-state index is 0.0498. The largest absolute Gasteiger partial charge is 0.294 e. The van der Waals surface area contributed by atoms with E-state index in [1.165, 1.54) is 0 Å². The lowest BCUT2D eigenvalue weighted by Crippen LogP contribution is -2.43. The molecular weight excluding hydrogens is 249 g/mol. The van der Waals surface area contributed by atoms with Gasteiger partial charge in [0.2, 0.25) is 0 Å². The predicted molar refractivity (Wildman–Crippen MR) is 81.6 cm³/mol. The van der Waals surface area contributed by atoms with Crippen LogP contribution in [0, 0.1) is 0 Å². The van der Waals surface area contributed by atoms with Crippen molar-refractivity contribution in [2.75, 3.05) is 6.54 Å². The Hall–Kier alpha value is -1.62. The van der Waals surface area contributed by atoms with Crippen molar-refractivity contribution in [3.05, 3.63) is 34.4 Å². The number of hydrogen-bond donors (Lipinski definition) is 0. The predicted octanol–water partition coefficient (Wildman–Crippen LogP) is 0.804. The summed E-state index contributed by atoms with van der Waals surface area (Å²) in [5.41, 5.74) is 1.39. The molecule has 0 fully saturated rings. The van der Waals surface area contributed by atoms with Gasteiger partial charge >= 0.3 is 0 Å². The summed E-state index contributed by atoms with van der Waals surface area (Å²) in [7, 11) is 5.79. The van der Waals surface area contributed by atoms with Crippen molar-refractivity contribution < 1.29 is 0 Å². The molecule has 0 saturated carbocycles. The fourth-order valence-corrected chi connectivity index (χ4v) is 2.76. The Bertz CT molecular complexity index is 710. The average Bonchev–Trinajstić information content (AvgIpc) is 2.45. The van der Waals surface area contributed by atoms with Crippen molar-refractivity contribution in [3.8, 4) is 0 Å². The second-order valence-corrected chi connectivity index (χ2v) is 5.49. The summed E-state index contributed by atoms with van der Waals surface area (Å²) in [4.78, 5) is 19.5. The molecule has 1 aliphatic rings. The third kappa shape index (κ3) is 2.16. The van der Waals surface area contributed by atoms with Gasteiger partial charge in [-0.3, -0.25) is 14.3 Å². The van der Waals surface area contributed by atoms with E-state index in [-0.39, 0.29) is 5.56 Å². The Morgan fingerprint density at radius 1 is 1.40 bits per heavy atom. The normalized spacial score (nSPS) is 17.1. The highest BCUT2D eigenvalue weighted by molar-refractivity contribution is 6.33. The molecule has 1 aromatic heterocycles. The molecule has 20 heavy (non-hydrogen) atoms. The zero-order chi connectivity index (χ0) is 14.3. The molecule has 0 saturated heterocycles. The lowest BCUT2D eigenvalue weighted by Gasteiger charge is -2.33. The van der Waals surface area contributed by atoms with E-state index in [4.69, 9.17) is 7.85 Å². The number of hydrogen-bond acceptors (Lipinski definition) is 3. The molecule has 1 aliphatic heterocycles. The first-order valence-electron chi connectivity index (χ1n) is 7.13. The molecule has 0 amide bonds. The van der Waals surface area contributed by atoms with Crippen molar-refractivity contribution in [3.63, 3.8) is 0 Å². The number of rotatable bonds is 2. The van der Waals surface area contributed by atoms with Gasteiger partial charge in [-0.2, -0.15) is 0 Å². The van der Waals surface area contributed by atoms with E-state index in [1.54, 1.807) is 22.8 Å². The molecule has 4 nitrogen and oxygen atoms in total. The standard InChI is InChI=1S/C15H18BN3O/c1-3-10(2)18-6-7-19-14(9-18)17-13-8-11(16)4-5-12(13)15(19)20/h4-5,8,10H,3,6-7,9H2,1-2H3. The van der Waals surface area contributed by atoms with Crippen molar-refractivity contribution >= 4 is 24.2 Å². The Balaban J connectivity index is 2.10. The first-order chi connectivity index (χ1) is 9.60. The fourth-order valence-electron chi connectivity index (χ4n) is 2.76. The monoisotopic (exact) mass is 267 g/mol. The Labute approximate surface area is 119 Å². The van der Waals surface area contributed by atoms with Crippen LogP contribution in [0.3, 0.4) is 0 Å². The molecule has 0 N–H and O–H groups in total. The number of aromatic nitrogens is 2. The molecule has 2 radical (unpaired) electrons. The maximum atomic E-state index is 12.5. The van der Waals surface area contributed by atoms with Crippen LogP contribution in [-0.4, -0.2) is 34.9 Å². The highest BCUT2D eigenvalue weighted by Gasteiger charge is 2.22. The van der Waals surface area contributed by atoms with Crippen LogP contribution in [0.2, 0.25) is 0 Å². The van der Waals surface area contributed by atoms with Gasteiger partial charge in [0.25, 0.3) is 5.56 Å². The van der Waals surface area contributed by atoms with Crippen LogP contribution < -0.4 is 11.0 Å². The molecule has 2 heterocycles. The van der Waals surface area contributed by atoms with Crippen LogP contribution in [0.5, 0.6) is 0 Å². The van der Waals surface area contributed by atoms with E-state index in [0.717, 1.165) is 25.3 Å². The van der Waals surface area contributed by atoms with Gasteiger partial charge < -0.3 is 0 Å². The fraction of sp³-hybridized carbons (Fsp3) is 0.467. The maximum Gasteiger partial charge on any atom is 0.261 e. The van der Waals surface area contributed by atoms with E-state index in [1.807, 2.05) is 0 Å². The summed E-state index contributed by atoms with van der Waals surface area (Å²) in [6.45, 7) is 6.75. The van der Waals surface area contributed by atoms with Crippen LogP contribution in [0.15, 0.2) is 23.0 Å². The summed E-state index contributed by atoms with van der Waals surface area (Å²) in [5.74, 6) is 0.847. The molecule has 0 aliphatic carbocycles. The summed E-state index contributed by atoms with van der Waals surface area (Å²) in [6.07, 6.45) is 1.10. The average molecular weight is 267 g/mol. The third-order valence-corrected chi connectivity index (χ3v) is 4.23. The minimum absolute atomic E-state index is 0.0498. The highest BCUT2D eigenvalue weighted by atomic mass is 16.1. The second-order valence-electron chi connectivity index (χ2n) is 5.49. The van der Waals surface area contributed by atoms with E-state index in [2.05, 4.69) is 23.7 Å². The van der Waals surface area contributed by atoms with Gasteiger partial charge in [0.1, 0.15) is 13.7 Å². The molecular formula is C15H18BN3O. The van der Waals surface area contributed by atoms with Crippen LogP contribution in [0.1, 0.15) is 26.1 Å². The second kappa shape index (κ2) is 5.06. The van der Waals surface area contributed by atoms with Crippen LogP contribution in [-0.2, 0) is 13.1 Å². The smallest absolute Gasteiger partial charge is 0.261 e. The van der Waals surface area contributed by atoms with E-state index < -0.39 is 0 Å². The topological polar surface area (TPSA) is 38.1 Å². The number of benzene rings is 1. The van der Waals surface area contributed by atoms with Gasteiger partial charge in [-0.15, -0.1) is 0 Å². The Morgan fingerprint density at radius 2 is 2.20 bits per heavy atom. The van der Waals surface area contributed by atoms with Crippen molar-refractivity contribution in [1.82, 2.24) is 14.5 Å². The van der Waals surface area contributed by atoms with Crippen LogP contribution in [0.4, 0.5) is 0 Å². The van der Waals surface area contributed by atoms with E-state index in [9.17, 15) is 4.79 Å². The van der Waals surface area contributed by atoms with Gasteiger partial charge in [0.05, 0.1) is 17.4 Å². The van der Waals surface area contributed by atoms with Gasteiger partial charge in [-0.25, -0.2) is 4.98 Å². The summed E-state index contributed by atoms with van der Waals surface area (Å²) in [5, 5.41) is 0.653. The Kier molecular flexibility index (Phi) is 3.38. The molecule has 1 atom stereocenters. The summed E-state index contributed by atoms with van der Waals surface area (Å²) >= 11 is 0. The molecule has 3 rings (SSSR count). The summed E-state index contributed by atoms with van der Waals surface area (Å²) < 4.78 is 1.80. The lowest BCUT2D eigenvalue weighted by molar-refractivity contribution is 0.156. The SMILES string of the molecule is [B]c1ccc2c(=O)n3c(nc2c1)CN(C(C)CC)CC3. The number of fused-ring (bicyclic) bond motifs is 2. The van der Waals surface area contributed by atoms with Gasteiger partial charge in [0.15, 0.2) is 0 Å². The van der Waals surface area contributed by atoms with Gasteiger partial charge in [-0.1, -0.05) is 18.5 Å². The third-order valence-electron chi connectivity index (χ3n) is 4.23. The minimum Gasteiger partial charge on any atom is -0.294 e. The molecule has 102 valence electrons. The lowest BCUT2D eigenvalue weighted by atomic mass is 9.95. The number of nitrogens with zero attached hydrogens (tertiary/aromatic N) is 3. The first kappa shape index (κ1) is 13.4. The molecule has 0 spiro atoms. The molecule has 1 unspecified atom stereocenters. The zero-order valence-corrected chi connectivity index (χ0v) is 12.0. The molecule has 2 aromatic rings. The van der Waals surface area contributed by atoms with Crippen LogP contribution in [0.25, 0.3) is 10.9 Å². The quantitative estimate of drug-likeness (QED) is 0.755. The zero-order valence-electron chi connectivity index (χ0n) is 12.0. The van der Waals surface area contributed by atoms with Crippen molar-refractivity contribution in [2.24, 2.45) is 0 Å². The van der Waals surface area contributed by atoms with Crippen LogP contribution >= 0.6 is 0 Å². The van der Waals surface area contributed by atoms with E-state index >= 15 is 0 Å². The Morgan fingerprint density at radius 3 is 2.95 bits per heavy atom. The first-order valence-corrected chi connectivity index (χ1v) is 7.13. The van der Waals surface area contributed by atoms with Gasteiger partial charge in [0, 0.05) is 19.1 Å². The summed E-state index contributed by atoms with van der Waals surface area (Å²) in [6, 6.07) is 5.82.